The van der Waals surface area contributed by atoms with Crippen molar-refractivity contribution in [2.45, 2.75) is 25.3 Å². The zero-order valence-electron chi connectivity index (χ0n) is 10.8. The maximum absolute atomic E-state index is 7.81. The molecular weight excluding hydrogens is 246 g/mol. The molecule has 2 aliphatic rings. The minimum Gasteiger partial charge on any atom is -0.391 e. The van der Waals surface area contributed by atoms with Gasteiger partial charge in [0, 0.05) is 19.3 Å². The number of ether oxygens (including phenoxy) is 1. The highest BCUT2D eigenvalue weighted by Gasteiger charge is 2.26. The van der Waals surface area contributed by atoms with Gasteiger partial charge < -0.3 is 14.5 Å². The predicted octanol–water partition coefficient (Wildman–Crippen LogP) is 0.660. The van der Waals surface area contributed by atoms with E-state index in [0.717, 1.165) is 31.7 Å². The zero-order chi connectivity index (χ0) is 13.2. The predicted molar refractivity (Wildman–Crippen MR) is 70.2 cm³/mol. The van der Waals surface area contributed by atoms with Crippen LogP contribution in [0.1, 0.15) is 30.9 Å². The number of hydrogen-bond acceptors (Lipinski definition) is 6. The first-order chi connectivity index (χ1) is 9.29. The normalized spacial score (nSPS) is 20.2. The Hall–Kier alpha value is -1.60. The van der Waals surface area contributed by atoms with Crippen molar-refractivity contribution in [3.8, 4) is 0 Å². The van der Waals surface area contributed by atoms with Crippen molar-refractivity contribution in [3.05, 3.63) is 11.8 Å². The van der Waals surface area contributed by atoms with Crippen molar-refractivity contribution < 1.29 is 9.57 Å². The number of rotatable bonds is 3. The summed E-state index contributed by atoms with van der Waals surface area (Å²) in [6.07, 6.45) is 5.43. The van der Waals surface area contributed by atoms with E-state index < -0.39 is 0 Å². The third-order valence-electron chi connectivity index (χ3n) is 3.83. The Morgan fingerprint density at radius 3 is 2.74 bits per heavy atom. The highest BCUT2D eigenvalue weighted by Crippen LogP contribution is 2.33. The van der Waals surface area contributed by atoms with Gasteiger partial charge in [0.15, 0.2) is 5.82 Å². The highest BCUT2D eigenvalue weighted by molar-refractivity contribution is 5.96. The van der Waals surface area contributed by atoms with Crippen LogP contribution in [0.3, 0.4) is 0 Å². The lowest BCUT2D eigenvalue weighted by molar-refractivity contribution is 0.122. The molecule has 1 saturated carbocycles. The Labute approximate surface area is 111 Å². The summed E-state index contributed by atoms with van der Waals surface area (Å²) in [5.74, 6) is 5.88. The molecule has 1 aliphatic heterocycles. The molecule has 1 aromatic heterocycles. The quantitative estimate of drug-likeness (QED) is 0.476. The number of nitrogens with two attached hydrogens (primary N) is 1. The van der Waals surface area contributed by atoms with Crippen molar-refractivity contribution >= 4 is 11.7 Å². The van der Waals surface area contributed by atoms with E-state index in [1.807, 2.05) is 10.9 Å². The molecule has 2 heterocycles. The van der Waals surface area contributed by atoms with Gasteiger partial charge in [-0.1, -0.05) is 0 Å². The molecular formula is C12H19N5O2. The summed E-state index contributed by atoms with van der Waals surface area (Å²) in [6.45, 7) is 2.94. The Bertz CT molecular complexity index is 463. The van der Waals surface area contributed by atoms with Gasteiger partial charge in [0.25, 0.3) is 0 Å². The van der Waals surface area contributed by atoms with Gasteiger partial charge in [-0.15, -0.1) is 0 Å². The summed E-state index contributed by atoms with van der Waals surface area (Å²) in [7, 11) is 0. The monoisotopic (exact) mass is 265 g/mol. The van der Waals surface area contributed by atoms with Crippen LogP contribution in [-0.4, -0.2) is 42.0 Å². The number of morpholine rings is 1. The molecule has 0 amide bonds. The summed E-state index contributed by atoms with van der Waals surface area (Å²) in [4.78, 5) is 6.71. The van der Waals surface area contributed by atoms with Gasteiger partial charge in [-0.05, 0) is 19.3 Å². The lowest BCUT2D eigenvalue weighted by atomic mass is 9.93. The maximum atomic E-state index is 7.81. The van der Waals surface area contributed by atoms with Crippen molar-refractivity contribution in [2.24, 2.45) is 5.90 Å². The third kappa shape index (κ3) is 2.31. The van der Waals surface area contributed by atoms with Crippen LogP contribution in [0.15, 0.2) is 6.20 Å². The van der Waals surface area contributed by atoms with Crippen LogP contribution in [0.5, 0.6) is 0 Å². The number of nitrogens with one attached hydrogen (secondary N) is 1. The van der Waals surface area contributed by atoms with Gasteiger partial charge in [0.05, 0.1) is 19.3 Å². The molecule has 1 aromatic rings. The summed E-state index contributed by atoms with van der Waals surface area (Å²) in [5, 5.41) is 12.4. The molecule has 3 rings (SSSR count). The molecule has 19 heavy (non-hydrogen) atoms. The molecule has 0 aromatic carbocycles. The van der Waals surface area contributed by atoms with E-state index in [9.17, 15) is 0 Å². The second-order valence-electron chi connectivity index (χ2n) is 4.98. The molecule has 0 bridgehead atoms. The number of anilines is 1. The molecule has 1 aliphatic carbocycles. The van der Waals surface area contributed by atoms with Crippen LogP contribution in [0, 0.1) is 5.41 Å². The summed E-state index contributed by atoms with van der Waals surface area (Å²) < 4.78 is 7.30. The van der Waals surface area contributed by atoms with E-state index in [1.165, 1.54) is 6.42 Å². The fraction of sp³-hybridized carbons (Fsp3) is 0.667. The van der Waals surface area contributed by atoms with Crippen molar-refractivity contribution in [1.29, 1.82) is 5.41 Å². The first-order valence-electron chi connectivity index (χ1n) is 6.67. The largest absolute Gasteiger partial charge is 0.391 e. The van der Waals surface area contributed by atoms with E-state index in [2.05, 4.69) is 14.8 Å². The minimum atomic E-state index is -0.0351. The van der Waals surface area contributed by atoms with E-state index in [-0.39, 0.29) is 5.90 Å². The van der Waals surface area contributed by atoms with Gasteiger partial charge in [-0.2, -0.15) is 11.0 Å². The minimum absolute atomic E-state index is 0.0351. The summed E-state index contributed by atoms with van der Waals surface area (Å²) >= 11 is 0. The lowest BCUT2D eigenvalue weighted by Gasteiger charge is -2.28. The maximum Gasteiger partial charge on any atom is 0.242 e. The molecule has 7 nitrogen and oxygen atoms in total. The van der Waals surface area contributed by atoms with Crippen LogP contribution < -0.4 is 10.8 Å². The van der Waals surface area contributed by atoms with E-state index in [1.54, 1.807) is 0 Å². The van der Waals surface area contributed by atoms with Crippen LogP contribution in [0.25, 0.3) is 0 Å². The Morgan fingerprint density at radius 1 is 1.42 bits per heavy atom. The lowest BCUT2D eigenvalue weighted by Crippen LogP contribution is -2.37. The molecule has 1 saturated heterocycles. The molecule has 3 N–H and O–H groups in total. The van der Waals surface area contributed by atoms with E-state index in [4.69, 9.17) is 16.0 Å². The van der Waals surface area contributed by atoms with Crippen LogP contribution in [0.4, 0.5) is 5.82 Å². The Morgan fingerprint density at radius 2 is 2.16 bits per heavy atom. The van der Waals surface area contributed by atoms with Crippen LogP contribution in [0.2, 0.25) is 0 Å². The fourth-order valence-electron chi connectivity index (χ4n) is 2.45. The van der Waals surface area contributed by atoms with Crippen LogP contribution >= 0.6 is 0 Å². The van der Waals surface area contributed by atoms with Crippen molar-refractivity contribution in [2.75, 3.05) is 31.2 Å². The molecule has 0 atom stereocenters. The first kappa shape index (κ1) is 12.4. The van der Waals surface area contributed by atoms with Crippen molar-refractivity contribution in [1.82, 2.24) is 9.78 Å². The second-order valence-corrected chi connectivity index (χ2v) is 4.98. The Balaban J connectivity index is 1.90. The number of nitrogens with zero attached hydrogens (tertiary/aromatic N) is 3. The van der Waals surface area contributed by atoms with E-state index in [0.29, 0.717) is 24.8 Å². The molecule has 0 spiro atoms. The Kier molecular flexibility index (Phi) is 3.39. The molecule has 2 fully saturated rings. The molecule has 0 radical (unpaired) electrons. The highest BCUT2D eigenvalue weighted by atomic mass is 16.6. The van der Waals surface area contributed by atoms with Gasteiger partial charge in [0.1, 0.15) is 5.56 Å². The van der Waals surface area contributed by atoms with Crippen LogP contribution in [-0.2, 0) is 9.57 Å². The third-order valence-corrected chi connectivity index (χ3v) is 3.83. The van der Waals surface area contributed by atoms with Gasteiger partial charge >= 0.3 is 0 Å². The smallest absolute Gasteiger partial charge is 0.242 e. The summed E-state index contributed by atoms with van der Waals surface area (Å²) in [5.41, 5.74) is 0.663. The van der Waals surface area contributed by atoms with Crippen molar-refractivity contribution in [3.63, 3.8) is 0 Å². The molecule has 7 heteroatoms. The molecule has 0 unspecified atom stereocenters. The molecule has 104 valence electrons. The number of hydrogen-bond donors (Lipinski definition) is 2. The van der Waals surface area contributed by atoms with Gasteiger partial charge in [-0.3, -0.25) is 10.1 Å². The standard InChI is InChI=1S/C12H19N5O2/c13-11(19-14)10-8-17(9-2-1-3-9)15-12(10)16-4-6-18-7-5-16/h8-9,13H,1-7,14H2. The van der Waals surface area contributed by atoms with Gasteiger partial charge in [0.2, 0.25) is 5.90 Å². The van der Waals surface area contributed by atoms with E-state index >= 15 is 0 Å². The average molecular weight is 265 g/mol. The number of aromatic nitrogens is 2. The SMILES string of the molecule is N=C(ON)c1cn(C2CCC2)nc1N1CCOCC1. The summed E-state index contributed by atoms with van der Waals surface area (Å²) in [6, 6.07) is 0.458. The second kappa shape index (κ2) is 5.18. The topological polar surface area (TPSA) is 89.4 Å². The zero-order valence-corrected chi connectivity index (χ0v) is 10.8. The van der Waals surface area contributed by atoms with Gasteiger partial charge in [-0.25, -0.2) is 0 Å². The average Bonchev–Trinajstić information content (AvgIpc) is 2.81. The fourth-order valence-corrected chi connectivity index (χ4v) is 2.45. The first-order valence-corrected chi connectivity index (χ1v) is 6.67.